The molecule has 4 heteroatoms. The van der Waals surface area contributed by atoms with E-state index in [-0.39, 0.29) is 34.1 Å². The molecule has 1 radical (unpaired) electrons. The van der Waals surface area contributed by atoms with Crippen molar-refractivity contribution in [3.05, 3.63) is 42.7 Å². The van der Waals surface area contributed by atoms with Gasteiger partial charge in [0.25, 0.3) is 0 Å². The molecule has 0 bridgehead atoms. The minimum absolute atomic E-state index is 0. The molecule has 0 N–H and O–H groups in total. The molecule has 0 atom stereocenters. The molecule has 0 unspecified atom stereocenters. The molecule has 0 aliphatic heterocycles. The number of pyridine rings is 1. The van der Waals surface area contributed by atoms with E-state index in [9.17, 15) is 9.90 Å². The second-order valence-electron chi connectivity index (χ2n) is 6.73. The van der Waals surface area contributed by atoms with Crippen LogP contribution in [0.5, 0.6) is 0 Å². The fourth-order valence-corrected chi connectivity index (χ4v) is 2.65. The Kier molecular flexibility index (Phi) is 26.7. The Morgan fingerprint density at radius 3 is 1.67 bits per heavy atom. The number of hydrogen-bond donors (Lipinski definition) is 0. The summed E-state index contributed by atoms with van der Waals surface area (Å²) in [6.07, 6.45) is 24.4. The molecule has 1 heterocycles. The second kappa shape index (κ2) is 25.3. The Morgan fingerprint density at radius 1 is 0.778 bits per heavy atom. The minimum Gasteiger partial charge on any atom is -0.550 e. The van der Waals surface area contributed by atoms with Gasteiger partial charge in [-0.05, 0) is 50.7 Å². The first kappa shape index (κ1) is 28.5. The molecule has 1 aromatic rings. The van der Waals surface area contributed by atoms with E-state index < -0.39 is 5.97 Å². The summed E-state index contributed by atoms with van der Waals surface area (Å²) < 4.78 is 0. The Bertz CT molecular complexity index is 397. The van der Waals surface area contributed by atoms with Gasteiger partial charge < -0.3 is 9.90 Å². The number of nitrogens with zero attached hydrogens (tertiary/aromatic N) is 1. The number of unbranched alkanes of at least 4 members (excludes halogenated alkanes) is 11. The zero-order valence-corrected chi connectivity index (χ0v) is 22.9. The maximum Gasteiger partial charge on any atom is 1.00 e. The van der Waals surface area contributed by atoms with Crippen LogP contribution in [0.3, 0.4) is 0 Å². The monoisotopic (exact) mass is 562 g/mol. The third kappa shape index (κ3) is 27.6. The summed E-state index contributed by atoms with van der Waals surface area (Å²) in [7, 11) is 0. The molecule has 0 aliphatic rings. The van der Waals surface area contributed by atoms with Crippen molar-refractivity contribution < 1.29 is 37.6 Å². The van der Waals surface area contributed by atoms with Crippen LogP contribution in [0, 0.1) is 0 Å². The number of carbonyl (C=O) groups is 1. The molecule has 0 spiro atoms. The molecule has 0 aromatic carbocycles. The van der Waals surface area contributed by atoms with Gasteiger partial charge in [-0.25, -0.2) is 0 Å². The van der Waals surface area contributed by atoms with Crippen molar-refractivity contribution in [2.45, 2.75) is 96.8 Å². The molecule has 0 saturated carbocycles. The summed E-state index contributed by atoms with van der Waals surface area (Å²) in [4.78, 5) is 14.0. The van der Waals surface area contributed by atoms with Gasteiger partial charge in [-0.15, -0.1) is 0 Å². The van der Waals surface area contributed by atoms with Gasteiger partial charge in [-0.1, -0.05) is 76.5 Å². The van der Waals surface area contributed by atoms with E-state index in [0.29, 0.717) is 0 Å². The van der Waals surface area contributed by atoms with Crippen LogP contribution < -0.4 is 5.11 Å². The van der Waals surface area contributed by atoms with Crippen molar-refractivity contribution in [2.75, 3.05) is 0 Å². The minimum atomic E-state index is -0.914. The number of carboxylic acids is 1. The predicted molar refractivity (Wildman–Crippen MR) is 109 cm³/mol. The molecule has 0 amide bonds. The normalized spacial score (nSPS) is 10.1. The van der Waals surface area contributed by atoms with E-state index in [2.05, 4.69) is 24.1 Å². The van der Waals surface area contributed by atoms with Gasteiger partial charge >= 0.3 is 27.7 Å². The Labute approximate surface area is 187 Å². The summed E-state index contributed by atoms with van der Waals surface area (Å²) in [6, 6.07) is 5.72. The van der Waals surface area contributed by atoms with Crippen LogP contribution in [-0.4, -0.2) is 11.0 Å². The maximum absolute atomic E-state index is 10.2. The van der Waals surface area contributed by atoms with E-state index in [1.807, 2.05) is 18.2 Å². The van der Waals surface area contributed by atoms with Crippen LogP contribution in [0.4, 0.5) is 0 Å². The van der Waals surface area contributed by atoms with Gasteiger partial charge in [-0.2, -0.15) is 0 Å². The summed E-state index contributed by atoms with van der Waals surface area (Å²) in [5, 5.41) is 10.2. The topological polar surface area (TPSA) is 53.0 Å². The fraction of sp³-hybridized carbons (Fsp3) is 0.652. The number of carbonyl (C=O) groups excluding carboxylic acids is 1. The van der Waals surface area contributed by atoms with Crippen LogP contribution in [0.1, 0.15) is 96.8 Å². The van der Waals surface area contributed by atoms with Gasteiger partial charge in [0.1, 0.15) is 0 Å². The first-order valence-corrected chi connectivity index (χ1v) is 10.5. The average molecular weight is 561 g/mol. The summed E-state index contributed by atoms with van der Waals surface area (Å²) >= 11 is 0. The Morgan fingerprint density at radius 2 is 1.26 bits per heavy atom. The van der Waals surface area contributed by atoms with E-state index in [1.54, 1.807) is 12.4 Å². The number of aromatic nitrogens is 1. The van der Waals surface area contributed by atoms with Crippen LogP contribution >= 0.6 is 0 Å². The van der Waals surface area contributed by atoms with Gasteiger partial charge in [0.15, 0.2) is 0 Å². The van der Waals surface area contributed by atoms with Crippen molar-refractivity contribution >= 4 is 5.97 Å². The standard InChI is InChI=1S/C18H34O2.C5H5N.Hg/c1-2-3-4-5-6-7-8-9-10-11-12-13-14-15-16-17-18(19)20;1-2-4-6-5-3-1;/h9-10H,2-8,11-17H2,1H3,(H,19,20);1-5H;/q;;+1/p-1/b10-9-;;. The van der Waals surface area contributed by atoms with Crippen LogP contribution in [0.15, 0.2) is 42.7 Å². The molecule has 3 nitrogen and oxygen atoms in total. The summed E-state index contributed by atoms with van der Waals surface area (Å²) in [5.74, 6) is -0.914. The third-order valence-electron chi connectivity index (χ3n) is 4.21. The van der Waals surface area contributed by atoms with Gasteiger partial charge in [0, 0.05) is 18.4 Å². The van der Waals surface area contributed by atoms with Crippen molar-refractivity contribution in [2.24, 2.45) is 0 Å². The first-order chi connectivity index (χ1) is 12.8. The van der Waals surface area contributed by atoms with Gasteiger partial charge in [0.05, 0.1) is 0 Å². The molecular weight excluding hydrogens is 523 g/mol. The van der Waals surface area contributed by atoms with Crippen molar-refractivity contribution in [1.82, 2.24) is 4.98 Å². The van der Waals surface area contributed by atoms with Gasteiger partial charge in [0.2, 0.25) is 0 Å². The van der Waals surface area contributed by atoms with Crippen LogP contribution in [0.25, 0.3) is 0 Å². The first-order valence-electron chi connectivity index (χ1n) is 10.5. The Balaban J connectivity index is 0. The second-order valence-corrected chi connectivity index (χ2v) is 6.73. The molecule has 149 valence electrons. The zero-order chi connectivity index (χ0) is 19.1. The smallest absolute Gasteiger partial charge is 0.550 e. The molecule has 27 heavy (non-hydrogen) atoms. The van der Waals surface area contributed by atoms with Crippen LogP contribution in [0.2, 0.25) is 0 Å². The quantitative estimate of drug-likeness (QED) is 0.153. The van der Waals surface area contributed by atoms with Crippen molar-refractivity contribution in [1.29, 1.82) is 0 Å². The van der Waals surface area contributed by atoms with E-state index in [4.69, 9.17) is 0 Å². The number of hydrogen-bond acceptors (Lipinski definition) is 3. The number of aliphatic carboxylic acids is 1. The Hall–Kier alpha value is -0.705. The predicted octanol–water partition coefficient (Wildman–Crippen LogP) is 5.85. The summed E-state index contributed by atoms with van der Waals surface area (Å²) in [6.45, 7) is 2.26. The average Bonchev–Trinajstić information content (AvgIpc) is 2.66. The third-order valence-corrected chi connectivity index (χ3v) is 4.21. The SMILES string of the molecule is CCCCCCCC/C=C\CCCCCCCC(=O)[O-].[Hg+].c1ccncc1. The molecular formula is C23H38HgNO2. The van der Waals surface area contributed by atoms with Gasteiger partial charge in [-0.3, -0.25) is 4.98 Å². The van der Waals surface area contributed by atoms with Crippen molar-refractivity contribution in [3.8, 4) is 0 Å². The zero-order valence-electron chi connectivity index (χ0n) is 17.4. The number of allylic oxidation sites excluding steroid dienone is 2. The van der Waals surface area contributed by atoms with E-state index >= 15 is 0 Å². The number of carboxylic acid groups (broad SMARTS) is 1. The molecule has 1 rings (SSSR count). The molecule has 0 fully saturated rings. The van der Waals surface area contributed by atoms with E-state index in [0.717, 1.165) is 19.3 Å². The fourth-order valence-electron chi connectivity index (χ4n) is 2.65. The largest absolute Gasteiger partial charge is 1.00 e. The van der Waals surface area contributed by atoms with Crippen LogP contribution in [-0.2, 0) is 32.5 Å². The maximum atomic E-state index is 10.2. The van der Waals surface area contributed by atoms with Crippen molar-refractivity contribution in [3.63, 3.8) is 0 Å². The molecule has 1 aromatic heterocycles. The number of rotatable bonds is 15. The van der Waals surface area contributed by atoms with E-state index in [1.165, 1.54) is 64.2 Å². The summed E-state index contributed by atoms with van der Waals surface area (Å²) in [5.41, 5.74) is 0. The molecule has 0 aliphatic carbocycles. The molecule has 0 saturated heterocycles.